The van der Waals surface area contributed by atoms with Gasteiger partial charge in [0.05, 0.1) is 21.9 Å². The third-order valence-electron chi connectivity index (χ3n) is 4.36. The predicted octanol–water partition coefficient (Wildman–Crippen LogP) is 2.86. The quantitative estimate of drug-likeness (QED) is 0.726. The van der Waals surface area contributed by atoms with Crippen molar-refractivity contribution in [1.29, 1.82) is 5.26 Å². The number of hydrogen-bond acceptors (Lipinski definition) is 6. The van der Waals surface area contributed by atoms with Crippen LogP contribution in [0.25, 0.3) is 0 Å². The summed E-state index contributed by atoms with van der Waals surface area (Å²) in [6.07, 6.45) is 3.11. The molecule has 1 aromatic carbocycles. The van der Waals surface area contributed by atoms with Gasteiger partial charge in [-0.1, -0.05) is 11.8 Å². The second-order valence-corrected chi connectivity index (χ2v) is 9.68. The molecule has 146 valence electrons. The molecule has 1 aliphatic heterocycles. The summed E-state index contributed by atoms with van der Waals surface area (Å²) in [5.41, 5.74) is 1.13. The molecule has 1 fully saturated rings. The van der Waals surface area contributed by atoms with Gasteiger partial charge in [0.1, 0.15) is 4.90 Å². The van der Waals surface area contributed by atoms with Crippen LogP contribution in [0.2, 0.25) is 0 Å². The van der Waals surface area contributed by atoms with E-state index in [4.69, 9.17) is 5.26 Å². The Balaban J connectivity index is 1.61. The van der Waals surface area contributed by atoms with E-state index in [2.05, 4.69) is 10.3 Å². The lowest BCUT2D eigenvalue weighted by atomic mass is 10.2. The van der Waals surface area contributed by atoms with Crippen LogP contribution in [0.1, 0.15) is 25.3 Å². The minimum absolute atomic E-state index is 0.174. The zero-order valence-electron chi connectivity index (χ0n) is 15.3. The van der Waals surface area contributed by atoms with E-state index in [1.807, 2.05) is 6.07 Å². The van der Waals surface area contributed by atoms with E-state index in [9.17, 15) is 13.2 Å². The molecular weight excluding hydrogens is 396 g/mol. The minimum Gasteiger partial charge on any atom is -0.325 e. The Kier molecular flexibility index (Phi) is 6.34. The molecule has 1 atom stereocenters. The summed E-state index contributed by atoms with van der Waals surface area (Å²) in [5.74, 6) is -0.203. The SMILES string of the molecule is C[C@@H](Sc1ccc(S(=O)(=O)N2CCCC2)cn1)C(=O)Nc1ccc(C#N)cc1. The van der Waals surface area contributed by atoms with Gasteiger partial charge < -0.3 is 5.32 Å². The van der Waals surface area contributed by atoms with Crippen molar-refractivity contribution in [3.8, 4) is 6.07 Å². The van der Waals surface area contributed by atoms with Gasteiger partial charge in [0.25, 0.3) is 0 Å². The zero-order valence-corrected chi connectivity index (χ0v) is 17.0. The molecule has 1 amide bonds. The van der Waals surface area contributed by atoms with Gasteiger partial charge in [-0.2, -0.15) is 9.57 Å². The molecule has 0 bridgehead atoms. The number of benzene rings is 1. The van der Waals surface area contributed by atoms with Crippen LogP contribution >= 0.6 is 11.8 Å². The van der Waals surface area contributed by atoms with Crippen LogP contribution in [0.3, 0.4) is 0 Å². The number of carbonyl (C=O) groups is 1. The number of nitriles is 1. The average molecular weight is 417 g/mol. The third-order valence-corrected chi connectivity index (χ3v) is 7.29. The van der Waals surface area contributed by atoms with Crippen LogP contribution < -0.4 is 5.32 Å². The number of rotatable bonds is 6. The number of amides is 1. The summed E-state index contributed by atoms with van der Waals surface area (Å²) in [4.78, 5) is 16.7. The molecule has 0 unspecified atom stereocenters. The number of thioether (sulfide) groups is 1. The Labute approximate surface area is 168 Å². The summed E-state index contributed by atoms with van der Waals surface area (Å²) in [6, 6.07) is 11.8. The largest absolute Gasteiger partial charge is 0.325 e. The van der Waals surface area contributed by atoms with Crippen molar-refractivity contribution >= 4 is 33.4 Å². The van der Waals surface area contributed by atoms with E-state index >= 15 is 0 Å². The van der Waals surface area contributed by atoms with Gasteiger partial charge >= 0.3 is 0 Å². The first-order valence-corrected chi connectivity index (χ1v) is 11.2. The van der Waals surface area contributed by atoms with Crippen molar-refractivity contribution < 1.29 is 13.2 Å². The number of nitrogens with zero attached hydrogens (tertiary/aromatic N) is 3. The molecular formula is C19H20N4O3S2. The first-order valence-electron chi connectivity index (χ1n) is 8.84. The number of sulfonamides is 1. The number of pyridine rings is 1. The lowest BCUT2D eigenvalue weighted by Gasteiger charge is -2.15. The van der Waals surface area contributed by atoms with Crippen LogP contribution in [0.4, 0.5) is 5.69 Å². The van der Waals surface area contributed by atoms with Crippen molar-refractivity contribution in [2.75, 3.05) is 18.4 Å². The maximum atomic E-state index is 12.5. The van der Waals surface area contributed by atoms with Crippen molar-refractivity contribution in [3.05, 3.63) is 48.2 Å². The van der Waals surface area contributed by atoms with Gasteiger partial charge in [0.2, 0.25) is 15.9 Å². The topological polar surface area (TPSA) is 103 Å². The monoisotopic (exact) mass is 416 g/mol. The number of nitrogens with one attached hydrogen (secondary N) is 1. The number of aromatic nitrogens is 1. The Morgan fingerprint density at radius 2 is 1.89 bits per heavy atom. The number of hydrogen-bond donors (Lipinski definition) is 1. The van der Waals surface area contributed by atoms with Crippen molar-refractivity contribution in [2.45, 2.75) is 34.9 Å². The smallest absolute Gasteiger partial charge is 0.244 e. The molecule has 0 radical (unpaired) electrons. The first kappa shape index (κ1) is 20.3. The first-order chi connectivity index (χ1) is 13.4. The van der Waals surface area contributed by atoms with E-state index in [-0.39, 0.29) is 10.8 Å². The molecule has 0 spiro atoms. The van der Waals surface area contributed by atoms with Crippen LogP contribution in [-0.2, 0) is 14.8 Å². The summed E-state index contributed by atoms with van der Waals surface area (Å²) in [5, 5.41) is 11.7. The van der Waals surface area contributed by atoms with E-state index in [1.165, 1.54) is 28.3 Å². The lowest BCUT2D eigenvalue weighted by molar-refractivity contribution is -0.115. The highest BCUT2D eigenvalue weighted by molar-refractivity contribution is 8.00. The maximum absolute atomic E-state index is 12.5. The van der Waals surface area contributed by atoms with E-state index in [0.29, 0.717) is 29.4 Å². The molecule has 1 aromatic heterocycles. The highest BCUT2D eigenvalue weighted by Gasteiger charge is 2.27. The zero-order chi connectivity index (χ0) is 20.1. The average Bonchev–Trinajstić information content (AvgIpc) is 3.25. The molecule has 1 saturated heterocycles. The molecule has 7 nitrogen and oxygen atoms in total. The van der Waals surface area contributed by atoms with Crippen molar-refractivity contribution in [1.82, 2.24) is 9.29 Å². The Morgan fingerprint density at radius 1 is 1.21 bits per heavy atom. The van der Waals surface area contributed by atoms with Gasteiger partial charge in [-0.25, -0.2) is 13.4 Å². The van der Waals surface area contributed by atoms with Crippen molar-refractivity contribution in [2.24, 2.45) is 0 Å². The highest BCUT2D eigenvalue weighted by atomic mass is 32.2. The standard InChI is InChI=1S/C19H20N4O3S2/c1-14(19(24)22-16-6-4-15(12-20)5-7-16)27-18-9-8-17(13-21-18)28(25,26)23-10-2-3-11-23/h4-9,13-14H,2-3,10-11H2,1H3,(H,22,24)/t14-/m1/s1. The molecule has 3 rings (SSSR count). The minimum atomic E-state index is -3.49. The lowest BCUT2D eigenvalue weighted by Crippen LogP contribution is -2.28. The van der Waals surface area contributed by atoms with Gasteiger partial charge in [0.15, 0.2) is 0 Å². The van der Waals surface area contributed by atoms with Crippen LogP contribution in [0.5, 0.6) is 0 Å². The second kappa shape index (κ2) is 8.73. The summed E-state index contributed by atoms with van der Waals surface area (Å²) < 4.78 is 26.5. The fourth-order valence-corrected chi connectivity index (χ4v) is 5.02. The van der Waals surface area contributed by atoms with E-state index in [1.54, 1.807) is 37.3 Å². The van der Waals surface area contributed by atoms with Crippen LogP contribution in [0, 0.1) is 11.3 Å². The fraction of sp³-hybridized carbons (Fsp3) is 0.316. The Bertz CT molecular complexity index is 977. The van der Waals surface area contributed by atoms with Crippen LogP contribution in [-0.4, -0.2) is 42.0 Å². The molecule has 1 aliphatic rings. The van der Waals surface area contributed by atoms with Gasteiger partial charge in [-0.3, -0.25) is 4.79 Å². The number of carbonyl (C=O) groups excluding carboxylic acids is 1. The molecule has 0 aliphatic carbocycles. The summed E-state index contributed by atoms with van der Waals surface area (Å²) in [6.45, 7) is 2.84. The molecule has 0 saturated carbocycles. The van der Waals surface area contributed by atoms with Gasteiger partial charge in [-0.05, 0) is 56.2 Å². The molecule has 9 heteroatoms. The van der Waals surface area contributed by atoms with E-state index < -0.39 is 15.3 Å². The normalized spacial score (nSPS) is 15.7. The Hall–Kier alpha value is -2.41. The maximum Gasteiger partial charge on any atom is 0.244 e. The van der Waals surface area contributed by atoms with E-state index in [0.717, 1.165) is 12.8 Å². The second-order valence-electron chi connectivity index (χ2n) is 6.38. The van der Waals surface area contributed by atoms with Crippen LogP contribution in [0.15, 0.2) is 52.5 Å². The predicted molar refractivity (Wildman–Crippen MR) is 107 cm³/mol. The summed E-state index contributed by atoms with van der Waals surface area (Å²) >= 11 is 1.25. The molecule has 2 aromatic rings. The molecule has 28 heavy (non-hydrogen) atoms. The van der Waals surface area contributed by atoms with Crippen molar-refractivity contribution in [3.63, 3.8) is 0 Å². The summed E-state index contributed by atoms with van der Waals surface area (Å²) in [7, 11) is -3.49. The third kappa shape index (κ3) is 4.70. The molecule has 1 N–H and O–H groups in total. The Morgan fingerprint density at radius 3 is 2.46 bits per heavy atom. The molecule has 2 heterocycles. The number of anilines is 1. The van der Waals surface area contributed by atoms with Gasteiger partial charge in [0, 0.05) is 25.0 Å². The highest BCUT2D eigenvalue weighted by Crippen LogP contribution is 2.25. The van der Waals surface area contributed by atoms with Gasteiger partial charge in [-0.15, -0.1) is 0 Å². The fourth-order valence-electron chi connectivity index (χ4n) is 2.77.